The first-order chi connectivity index (χ1) is 11.5. The number of carbonyl (C=O) groups is 1. The average Bonchev–Trinajstić information content (AvgIpc) is 2.87. The molecular formula is C21H24O3. The Morgan fingerprint density at radius 2 is 2.17 bits per heavy atom. The summed E-state index contributed by atoms with van der Waals surface area (Å²) in [5.74, 6) is 1.30. The monoisotopic (exact) mass is 324 g/mol. The number of hydrogen-bond acceptors (Lipinski definition) is 3. The van der Waals surface area contributed by atoms with Gasteiger partial charge in [0.15, 0.2) is 0 Å². The van der Waals surface area contributed by atoms with E-state index >= 15 is 0 Å². The van der Waals surface area contributed by atoms with E-state index in [9.17, 15) is 4.79 Å². The largest absolute Gasteiger partial charge is 0.497 e. The first-order valence-corrected chi connectivity index (χ1v) is 8.78. The fraction of sp³-hybridized carbons (Fsp3) is 0.476. The van der Waals surface area contributed by atoms with Gasteiger partial charge in [0.25, 0.3) is 0 Å². The van der Waals surface area contributed by atoms with Gasteiger partial charge in [-0.25, -0.2) is 0 Å². The number of carbonyl (C=O) groups excluding carboxylic acids is 1. The van der Waals surface area contributed by atoms with Crippen LogP contribution in [0.4, 0.5) is 0 Å². The van der Waals surface area contributed by atoms with Crippen LogP contribution in [0.15, 0.2) is 35.9 Å². The zero-order valence-corrected chi connectivity index (χ0v) is 14.6. The number of hydrogen-bond donors (Lipinski definition) is 0. The number of esters is 1. The quantitative estimate of drug-likeness (QED) is 0.760. The van der Waals surface area contributed by atoms with Gasteiger partial charge >= 0.3 is 5.97 Å². The zero-order chi connectivity index (χ0) is 16.9. The summed E-state index contributed by atoms with van der Waals surface area (Å²) in [5, 5.41) is 0. The van der Waals surface area contributed by atoms with E-state index in [1.165, 1.54) is 29.2 Å². The van der Waals surface area contributed by atoms with Crippen molar-refractivity contribution in [3.63, 3.8) is 0 Å². The summed E-state index contributed by atoms with van der Waals surface area (Å²) in [7, 11) is 1.72. The Hall–Kier alpha value is -2.03. The molecular weight excluding hydrogens is 300 g/mol. The van der Waals surface area contributed by atoms with E-state index in [4.69, 9.17) is 9.47 Å². The van der Waals surface area contributed by atoms with E-state index in [-0.39, 0.29) is 17.5 Å². The van der Waals surface area contributed by atoms with Crippen LogP contribution in [0.5, 0.6) is 5.75 Å². The van der Waals surface area contributed by atoms with Crippen molar-refractivity contribution in [2.24, 2.45) is 11.3 Å². The normalized spacial score (nSPS) is 30.5. The molecule has 3 atom stereocenters. The summed E-state index contributed by atoms with van der Waals surface area (Å²) < 4.78 is 11.0. The fourth-order valence-corrected chi connectivity index (χ4v) is 4.74. The van der Waals surface area contributed by atoms with Gasteiger partial charge in [-0.3, -0.25) is 4.79 Å². The highest BCUT2D eigenvalue weighted by atomic mass is 16.5. The number of ether oxygens (including phenoxy) is 2. The van der Waals surface area contributed by atoms with Crippen LogP contribution in [0.2, 0.25) is 0 Å². The third-order valence-electron chi connectivity index (χ3n) is 6.04. The van der Waals surface area contributed by atoms with Crippen LogP contribution in [0.25, 0.3) is 5.57 Å². The fourth-order valence-electron chi connectivity index (χ4n) is 4.74. The lowest BCUT2D eigenvalue weighted by Gasteiger charge is -2.43. The van der Waals surface area contributed by atoms with Crippen LogP contribution in [0, 0.1) is 11.3 Å². The van der Waals surface area contributed by atoms with Crippen LogP contribution in [-0.4, -0.2) is 19.2 Å². The average molecular weight is 324 g/mol. The third kappa shape index (κ3) is 2.29. The van der Waals surface area contributed by atoms with Gasteiger partial charge in [-0.05, 0) is 59.6 Å². The van der Waals surface area contributed by atoms with E-state index in [0.29, 0.717) is 5.92 Å². The Labute approximate surface area is 143 Å². The lowest BCUT2D eigenvalue weighted by Crippen LogP contribution is -2.38. The number of fused-ring (bicyclic) bond motifs is 4. The Kier molecular flexibility index (Phi) is 3.56. The van der Waals surface area contributed by atoms with Gasteiger partial charge in [0.1, 0.15) is 11.9 Å². The molecule has 1 aromatic carbocycles. The number of allylic oxidation sites excluding steroid dienone is 2. The van der Waals surface area contributed by atoms with E-state index < -0.39 is 0 Å². The van der Waals surface area contributed by atoms with Gasteiger partial charge in [-0.15, -0.1) is 0 Å². The topological polar surface area (TPSA) is 35.5 Å². The number of benzene rings is 1. The summed E-state index contributed by atoms with van der Waals surface area (Å²) in [6.07, 6.45) is 8.74. The standard InChI is InChI=1S/C21H24O3/c1-13(22)24-20-9-6-16-11-19-15(12-21(16,20)2)5-4-14-10-17(23-3)7-8-18(14)19/h6-8,10-11,15,20H,4-5,9,12H2,1-3H3/t15-,20-,21-/m0/s1. The lowest BCUT2D eigenvalue weighted by atomic mass is 9.63. The van der Waals surface area contributed by atoms with Gasteiger partial charge in [0.2, 0.25) is 0 Å². The van der Waals surface area contributed by atoms with Crippen molar-refractivity contribution in [3.8, 4) is 5.75 Å². The Balaban J connectivity index is 1.71. The van der Waals surface area contributed by atoms with E-state index in [1.807, 2.05) is 0 Å². The minimum atomic E-state index is -0.174. The lowest BCUT2D eigenvalue weighted by molar-refractivity contribution is -0.151. The van der Waals surface area contributed by atoms with E-state index in [2.05, 4.69) is 37.3 Å². The predicted molar refractivity (Wildman–Crippen MR) is 93.8 cm³/mol. The van der Waals surface area contributed by atoms with Crippen LogP contribution in [0.1, 0.15) is 44.2 Å². The Morgan fingerprint density at radius 1 is 1.33 bits per heavy atom. The van der Waals surface area contributed by atoms with Gasteiger partial charge in [-0.1, -0.05) is 25.1 Å². The van der Waals surface area contributed by atoms with Crippen molar-refractivity contribution < 1.29 is 14.3 Å². The molecule has 24 heavy (non-hydrogen) atoms. The van der Waals surface area contributed by atoms with Crippen molar-refractivity contribution in [3.05, 3.63) is 47.1 Å². The van der Waals surface area contributed by atoms with Gasteiger partial charge in [-0.2, -0.15) is 0 Å². The highest BCUT2D eigenvalue weighted by molar-refractivity contribution is 5.77. The number of aryl methyl sites for hydroxylation is 1. The first-order valence-electron chi connectivity index (χ1n) is 8.78. The third-order valence-corrected chi connectivity index (χ3v) is 6.04. The molecule has 0 saturated heterocycles. The molecule has 0 bridgehead atoms. The predicted octanol–water partition coefficient (Wildman–Crippen LogP) is 4.31. The summed E-state index contributed by atoms with van der Waals surface area (Å²) in [6.45, 7) is 3.77. The molecule has 0 unspecified atom stereocenters. The highest BCUT2D eigenvalue weighted by Crippen LogP contribution is 2.55. The molecule has 3 aliphatic carbocycles. The van der Waals surface area contributed by atoms with Crippen LogP contribution >= 0.6 is 0 Å². The van der Waals surface area contributed by atoms with Crippen molar-refractivity contribution >= 4 is 11.5 Å². The molecule has 0 amide bonds. The molecule has 0 saturated carbocycles. The number of methoxy groups -OCH3 is 1. The molecule has 0 N–H and O–H groups in total. The molecule has 1 aromatic rings. The van der Waals surface area contributed by atoms with Gasteiger partial charge in [0.05, 0.1) is 7.11 Å². The van der Waals surface area contributed by atoms with Crippen LogP contribution in [-0.2, 0) is 16.0 Å². The molecule has 4 rings (SSSR count). The maximum absolute atomic E-state index is 11.5. The SMILES string of the molecule is COc1ccc2c(c1)CC[C@H]1C[C@@]3(C)C(=CC[C@@H]3OC(C)=O)C=C21. The minimum Gasteiger partial charge on any atom is -0.497 e. The summed E-state index contributed by atoms with van der Waals surface area (Å²) in [4.78, 5) is 11.5. The van der Waals surface area contributed by atoms with Crippen molar-refractivity contribution in [2.75, 3.05) is 7.11 Å². The highest BCUT2D eigenvalue weighted by Gasteiger charge is 2.47. The van der Waals surface area contributed by atoms with E-state index in [0.717, 1.165) is 31.4 Å². The second kappa shape index (κ2) is 5.51. The summed E-state index contributed by atoms with van der Waals surface area (Å²) >= 11 is 0. The Bertz CT molecular complexity index is 758. The summed E-state index contributed by atoms with van der Waals surface area (Å²) in [6, 6.07) is 6.43. The molecule has 0 aliphatic heterocycles. The second-order valence-corrected chi connectivity index (χ2v) is 7.47. The summed E-state index contributed by atoms with van der Waals surface area (Å²) in [5.41, 5.74) is 5.50. The molecule has 0 spiro atoms. The smallest absolute Gasteiger partial charge is 0.302 e. The molecule has 3 heteroatoms. The van der Waals surface area contributed by atoms with Crippen molar-refractivity contribution in [2.45, 2.75) is 45.6 Å². The van der Waals surface area contributed by atoms with Crippen LogP contribution in [0.3, 0.4) is 0 Å². The number of rotatable bonds is 2. The molecule has 0 radical (unpaired) electrons. The van der Waals surface area contributed by atoms with Crippen molar-refractivity contribution in [1.29, 1.82) is 0 Å². The molecule has 3 nitrogen and oxygen atoms in total. The van der Waals surface area contributed by atoms with Gasteiger partial charge in [0, 0.05) is 18.8 Å². The zero-order valence-electron chi connectivity index (χ0n) is 14.6. The molecule has 126 valence electrons. The maximum atomic E-state index is 11.5. The molecule has 0 fully saturated rings. The molecule has 3 aliphatic rings. The minimum absolute atomic E-state index is 0.0138. The Morgan fingerprint density at radius 3 is 2.92 bits per heavy atom. The van der Waals surface area contributed by atoms with Crippen LogP contribution < -0.4 is 4.74 Å². The van der Waals surface area contributed by atoms with Crippen molar-refractivity contribution in [1.82, 2.24) is 0 Å². The molecule has 0 aromatic heterocycles. The first kappa shape index (κ1) is 15.5. The van der Waals surface area contributed by atoms with Gasteiger partial charge < -0.3 is 9.47 Å². The second-order valence-electron chi connectivity index (χ2n) is 7.47. The van der Waals surface area contributed by atoms with E-state index in [1.54, 1.807) is 7.11 Å². The molecule has 0 heterocycles. The maximum Gasteiger partial charge on any atom is 0.302 e.